The van der Waals surface area contributed by atoms with Gasteiger partial charge >= 0.3 is 0 Å². The van der Waals surface area contributed by atoms with Gasteiger partial charge in [-0.2, -0.15) is 5.10 Å². The van der Waals surface area contributed by atoms with Crippen molar-refractivity contribution in [2.24, 2.45) is 10.2 Å². The van der Waals surface area contributed by atoms with Gasteiger partial charge in [-0.25, -0.2) is 0 Å². The van der Waals surface area contributed by atoms with E-state index in [1.54, 1.807) is 23.4 Å². The van der Waals surface area contributed by atoms with Crippen LogP contribution < -0.4 is 9.47 Å². The van der Waals surface area contributed by atoms with E-state index in [9.17, 15) is 4.79 Å². The van der Waals surface area contributed by atoms with Crippen molar-refractivity contribution in [2.45, 2.75) is 13.2 Å². The number of benzene rings is 4. The number of hydrogen-bond acceptors (Lipinski definition) is 7. The minimum absolute atomic E-state index is 0.177. The zero-order chi connectivity index (χ0) is 29.3. The third-order valence-corrected chi connectivity index (χ3v) is 7.37. The second-order valence-electron chi connectivity index (χ2n) is 9.54. The lowest BCUT2D eigenvalue weighted by Gasteiger charge is -2.12. The first-order chi connectivity index (χ1) is 21.2. The lowest BCUT2D eigenvalue weighted by molar-refractivity contribution is -0.122. The number of rotatable bonds is 10. The predicted octanol–water partition coefficient (Wildman–Crippen LogP) is 8.16. The van der Waals surface area contributed by atoms with E-state index in [1.165, 1.54) is 11.8 Å². The Labute approximate surface area is 253 Å². The van der Waals surface area contributed by atoms with Gasteiger partial charge in [0.25, 0.3) is 5.91 Å². The quantitative estimate of drug-likeness (QED) is 0.0939. The van der Waals surface area contributed by atoms with Gasteiger partial charge in [0.2, 0.25) is 0 Å². The fraction of sp³-hybridized carbons (Fsp3) is 0.0571. The summed E-state index contributed by atoms with van der Waals surface area (Å²) in [5, 5.41) is 9.19. The zero-order valence-electron chi connectivity index (χ0n) is 23.1. The number of amidine groups is 1. The molecule has 0 aliphatic carbocycles. The smallest absolute Gasteiger partial charge is 0.267 e. The van der Waals surface area contributed by atoms with Crippen LogP contribution in [-0.2, 0) is 17.9 Å². The van der Waals surface area contributed by atoms with Gasteiger partial charge in [0.05, 0.1) is 23.9 Å². The van der Waals surface area contributed by atoms with E-state index in [0.717, 1.165) is 28.2 Å². The van der Waals surface area contributed by atoms with Crippen LogP contribution in [0, 0.1) is 0 Å². The van der Waals surface area contributed by atoms with Crippen LogP contribution in [0.1, 0.15) is 22.5 Å². The second kappa shape index (κ2) is 13.5. The first-order valence-electron chi connectivity index (χ1n) is 13.6. The van der Waals surface area contributed by atoms with Crippen LogP contribution >= 0.6 is 11.8 Å². The number of amides is 1. The SMILES string of the molecule is O=C1/C(=C/c2cccc(OCc3ccccc3)c2)S/C(=N/N=C/c2cccc(Oc3ccccc3)c2)N1Cc1ccco1. The molecule has 6 rings (SSSR count). The fourth-order valence-electron chi connectivity index (χ4n) is 4.29. The summed E-state index contributed by atoms with van der Waals surface area (Å²) in [5.74, 6) is 2.63. The topological polar surface area (TPSA) is 76.6 Å². The van der Waals surface area contributed by atoms with Crippen molar-refractivity contribution in [1.29, 1.82) is 0 Å². The number of thioether (sulfide) groups is 1. The maximum Gasteiger partial charge on any atom is 0.267 e. The Balaban J connectivity index is 1.20. The Morgan fingerprint density at radius 3 is 2.28 bits per heavy atom. The minimum Gasteiger partial charge on any atom is -0.489 e. The summed E-state index contributed by atoms with van der Waals surface area (Å²) in [6, 6.07) is 38.4. The second-order valence-corrected chi connectivity index (χ2v) is 10.6. The van der Waals surface area contributed by atoms with Crippen LogP contribution in [0.25, 0.3) is 6.08 Å². The highest BCUT2D eigenvalue weighted by Crippen LogP contribution is 2.34. The van der Waals surface area contributed by atoms with E-state index < -0.39 is 0 Å². The van der Waals surface area contributed by atoms with E-state index in [-0.39, 0.29) is 12.5 Å². The lowest BCUT2D eigenvalue weighted by atomic mass is 10.2. The van der Waals surface area contributed by atoms with Crippen LogP contribution in [-0.4, -0.2) is 22.2 Å². The molecule has 212 valence electrons. The Bertz CT molecular complexity index is 1770. The summed E-state index contributed by atoms with van der Waals surface area (Å²) in [5.41, 5.74) is 2.74. The van der Waals surface area contributed by atoms with Crippen molar-refractivity contribution >= 4 is 35.1 Å². The summed E-state index contributed by atoms with van der Waals surface area (Å²) < 4.78 is 17.4. The number of furan rings is 1. The normalized spacial score (nSPS) is 15.1. The van der Waals surface area contributed by atoms with Gasteiger partial charge < -0.3 is 13.9 Å². The van der Waals surface area contributed by atoms with E-state index in [2.05, 4.69) is 10.2 Å². The first kappa shape index (κ1) is 27.8. The molecule has 8 heteroatoms. The molecule has 0 bridgehead atoms. The summed E-state index contributed by atoms with van der Waals surface area (Å²) >= 11 is 1.27. The fourth-order valence-corrected chi connectivity index (χ4v) is 5.23. The Kier molecular flexibility index (Phi) is 8.76. The number of carbonyl (C=O) groups is 1. The van der Waals surface area contributed by atoms with Crippen molar-refractivity contribution < 1.29 is 18.7 Å². The molecule has 0 saturated carbocycles. The lowest BCUT2D eigenvalue weighted by Crippen LogP contribution is -2.28. The van der Waals surface area contributed by atoms with Crippen molar-refractivity contribution in [1.82, 2.24) is 4.90 Å². The van der Waals surface area contributed by atoms with Crippen LogP contribution in [0.15, 0.2) is 147 Å². The summed E-state index contributed by atoms with van der Waals surface area (Å²) in [6.45, 7) is 0.701. The Morgan fingerprint density at radius 2 is 1.49 bits per heavy atom. The van der Waals surface area contributed by atoms with Gasteiger partial charge in [-0.3, -0.25) is 9.69 Å². The summed E-state index contributed by atoms with van der Waals surface area (Å²) in [6.07, 6.45) is 5.06. The van der Waals surface area contributed by atoms with E-state index >= 15 is 0 Å². The highest BCUT2D eigenvalue weighted by atomic mass is 32.2. The van der Waals surface area contributed by atoms with Crippen LogP contribution in [0.3, 0.4) is 0 Å². The Morgan fingerprint density at radius 1 is 0.767 bits per heavy atom. The molecule has 1 aliphatic rings. The molecule has 1 aliphatic heterocycles. The standard InChI is InChI=1S/C35H27N3O4S/c39-34-33(22-27-12-7-16-30(20-27)41-25-26-10-3-1-4-11-26)43-35(38(34)24-32-18-9-19-40-32)37-36-23-28-13-8-17-31(21-28)42-29-14-5-2-6-15-29/h1-23H,24-25H2/b33-22-,36-23+,37-35+. The molecule has 2 heterocycles. The Hall–Kier alpha value is -5.34. The number of carbonyl (C=O) groups excluding carboxylic acids is 1. The number of para-hydroxylation sites is 1. The van der Waals surface area contributed by atoms with Crippen molar-refractivity contribution in [2.75, 3.05) is 0 Å². The third kappa shape index (κ3) is 7.49. The maximum absolute atomic E-state index is 13.5. The van der Waals surface area contributed by atoms with Gasteiger partial charge in [-0.1, -0.05) is 72.8 Å². The first-order valence-corrected chi connectivity index (χ1v) is 14.5. The minimum atomic E-state index is -0.177. The monoisotopic (exact) mass is 585 g/mol. The van der Waals surface area contributed by atoms with Gasteiger partial charge in [-0.05, 0) is 83.1 Å². The molecular formula is C35H27N3O4S. The average molecular weight is 586 g/mol. The zero-order valence-corrected chi connectivity index (χ0v) is 23.9. The van der Waals surface area contributed by atoms with E-state index in [0.29, 0.717) is 28.2 Å². The molecule has 0 unspecified atom stereocenters. The largest absolute Gasteiger partial charge is 0.489 e. The number of hydrogen-bond donors (Lipinski definition) is 0. The molecular weight excluding hydrogens is 558 g/mol. The average Bonchev–Trinajstić information content (AvgIpc) is 3.66. The maximum atomic E-state index is 13.5. The molecule has 7 nitrogen and oxygen atoms in total. The van der Waals surface area contributed by atoms with Gasteiger partial charge in [0, 0.05) is 0 Å². The summed E-state index contributed by atoms with van der Waals surface area (Å²) in [4.78, 5) is 15.6. The van der Waals surface area contributed by atoms with Crippen molar-refractivity contribution in [3.05, 3.63) is 155 Å². The van der Waals surface area contributed by atoms with Crippen molar-refractivity contribution in [3.8, 4) is 17.2 Å². The number of nitrogens with zero attached hydrogens (tertiary/aromatic N) is 3. The highest BCUT2D eigenvalue weighted by molar-refractivity contribution is 8.18. The molecule has 1 aromatic heterocycles. The summed E-state index contributed by atoms with van der Waals surface area (Å²) in [7, 11) is 0. The van der Waals surface area contributed by atoms with Crippen LogP contribution in [0.5, 0.6) is 17.2 Å². The molecule has 1 saturated heterocycles. The predicted molar refractivity (Wildman–Crippen MR) is 170 cm³/mol. The van der Waals surface area contributed by atoms with E-state index in [4.69, 9.17) is 13.9 Å². The van der Waals surface area contributed by atoms with Gasteiger partial charge in [-0.15, -0.1) is 5.10 Å². The molecule has 1 fully saturated rings. The molecule has 5 aromatic rings. The molecule has 0 N–H and O–H groups in total. The number of ether oxygens (including phenoxy) is 2. The molecule has 43 heavy (non-hydrogen) atoms. The van der Waals surface area contributed by atoms with Crippen molar-refractivity contribution in [3.63, 3.8) is 0 Å². The van der Waals surface area contributed by atoms with Crippen LogP contribution in [0.2, 0.25) is 0 Å². The van der Waals surface area contributed by atoms with Gasteiger partial charge in [0.1, 0.15) is 29.6 Å². The van der Waals surface area contributed by atoms with Crippen LogP contribution in [0.4, 0.5) is 0 Å². The van der Waals surface area contributed by atoms with E-state index in [1.807, 2.05) is 121 Å². The molecule has 4 aromatic carbocycles. The molecule has 1 amide bonds. The molecule has 0 spiro atoms. The molecule has 0 atom stereocenters. The highest BCUT2D eigenvalue weighted by Gasteiger charge is 2.34. The third-order valence-electron chi connectivity index (χ3n) is 6.37. The molecule has 0 radical (unpaired) electrons. The van der Waals surface area contributed by atoms with Gasteiger partial charge in [0.15, 0.2) is 5.17 Å².